The van der Waals surface area contributed by atoms with Crippen LogP contribution in [0.25, 0.3) is 0 Å². The zero-order valence-electron chi connectivity index (χ0n) is 17.1. The van der Waals surface area contributed by atoms with E-state index in [4.69, 9.17) is 11.6 Å². The number of aromatic nitrogens is 2. The van der Waals surface area contributed by atoms with Crippen molar-refractivity contribution >= 4 is 35.2 Å². The van der Waals surface area contributed by atoms with Crippen LogP contribution in [0.3, 0.4) is 0 Å². The highest BCUT2D eigenvalue weighted by molar-refractivity contribution is 6.22. The number of benzene rings is 2. The van der Waals surface area contributed by atoms with Gasteiger partial charge in [-0.15, -0.1) is 0 Å². The van der Waals surface area contributed by atoms with Crippen molar-refractivity contribution < 1.29 is 18.0 Å². The van der Waals surface area contributed by atoms with Crippen molar-refractivity contribution in [2.45, 2.75) is 24.0 Å². The smallest absolute Gasteiger partial charge is 0.308 e. The minimum Gasteiger partial charge on any atom is -0.308 e. The van der Waals surface area contributed by atoms with Gasteiger partial charge in [0, 0.05) is 30.2 Å². The van der Waals surface area contributed by atoms with E-state index < -0.39 is 28.7 Å². The van der Waals surface area contributed by atoms with Crippen LogP contribution in [0.5, 0.6) is 0 Å². The zero-order valence-corrected chi connectivity index (χ0v) is 17.9. The number of urea groups is 1. The molecule has 3 aromatic rings. The summed E-state index contributed by atoms with van der Waals surface area (Å²) in [5, 5.41) is 9.33. The number of halogens is 4. The second-order valence-electron chi connectivity index (χ2n) is 7.62. The minimum absolute atomic E-state index is 0.0376. The van der Waals surface area contributed by atoms with E-state index in [-0.39, 0.29) is 5.69 Å². The van der Waals surface area contributed by atoms with Gasteiger partial charge >= 0.3 is 12.2 Å². The van der Waals surface area contributed by atoms with Gasteiger partial charge in [-0.25, -0.2) is 4.79 Å². The Morgan fingerprint density at radius 3 is 2.50 bits per heavy atom. The Morgan fingerprint density at radius 2 is 1.81 bits per heavy atom. The molecule has 2 aromatic carbocycles. The van der Waals surface area contributed by atoms with Crippen molar-refractivity contribution in [3.05, 3.63) is 77.1 Å². The maximum Gasteiger partial charge on any atom is 0.416 e. The van der Waals surface area contributed by atoms with Gasteiger partial charge in [0.05, 0.1) is 22.9 Å². The van der Waals surface area contributed by atoms with Gasteiger partial charge in [-0.3, -0.25) is 9.67 Å². The Bertz CT molecular complexity index is 1190. The largest absolute Gasteiger partial charge is 0.416 e. The molecule has 0 spiro atoms. The minimum atomic E-state index is -4.49. The number of aryl methyl sites for hydroxylation is 1. The van der Waals surface area contributed by atoms with Gasteiger partial charge in [0.1, 0.15) is 5.50 Å². The third-order valence-corrected chi connectivity index (χ3v) is 6.09. The van der Waals surface area contributed by atoms with Crippen LogP contribution >= 0.6 is 11.6 Å². The fraction of sp³-hybridized carbons (Fsp3) is 0.227. The molecule has 1 aromatic heterocycles. The highest BCUT2D eigenvalue weighted by Gasteiger charge is 2.41. The average molecular weight is 462 g/mol. The number of alkyl halides is 4. The average Bonchev–Trinajstić information content (AvgIpc) is 3.12. The molecule has 0 fully saturated rings. The van der Waals surface area contributed by atoms with Crippen LogP contribution in [-0.2, 0) is 18.6 Å². The summed E-state index contributed by atoms with van der Waals surface area (Å²) in [6.45, 7) is 1.98. The summed E-state index contributed by atoms with van der Waals surface area (Å²) in [4.78, 5) is 16.7. The molecule has 32 heavy (non-hydrogen) atoms. The summed E-state index contributed by atoms with van der Waals surface area (Å²) in [6, 6.07) is 10.8. The van der Waals surface area contributed by atoms with E-state index in [9.17, 15) is 18.0 Å². The number of nitrogens with zero attached hydrogens (tertiary/aromatic N) is 3. The van der Waals surface area contributed by atoms with Crippen LogP contribution in [0.15, 0.2) is 59.7 Å². The molecule has 0 radical (unpaired) electrons. The number of anilines is 2. The van der Waals surface area contributed by atoms with Gasteiger partial charge in [0.15, 0.2) is 0 Å². The first-order valence-electron chi connectivity index (χ1n) is 9.64. The number of carbonyl (C=O) groups excluding carboxylic acids is 1. The Hall–Kier alpha value is -3.33. The number of amides is 2. The van der Waals surface area contributed by atoms with Crippen LogP contribution < -0.4 is 10.6 Å². The highest BCUT2D eigenvalue weighted by atomic mass is 35.5. The standard InChI is InChI=1S/C22H19ClF3N5O/c1-21(17-11-28-31(2)18(17)12-27-19(21)23)13-6-8-15(9-7-13)29-20(32)30-16-5-3-4-14(10-16)22(24,25)26/h3-12,19H,1-2H3,(H2,29,30,32). The van der Waals surface area contributed by atoms with Gasteiger partial charge in [-0.2, -0.15) is 18.3 Å². The number of rotatable bonds is 3. The molecule has 0 aliphatic carbocycles. The molecule has 0 saturated heterocycles. The van der Waals surface area contributed by atoms with Gasteiger partial charge in [0.2, 0.25) is 0 Å². The van der Waals surface area contributed by atoms with Gasteiger partial charge in [-0.1, -0.05) is 29.8 Å². The molecule has 0 saturated carbocycles. The molecule has 1 aliphatic heterocycles. The first kappa shape index (κ1) is 21.9. The Labute approximate surface area is 187 Å². The number of hydrogen-bond acceptors (Lipinski definition) is 3. The van der Waals surface area contributed by atoms with Gasteiger partial charge in [0.25, 0.3) is 0 Å². The van der Waals surface area contributed by atoms with Crippen molar-refractivity contribution in [2.75, 3.05) is 10.6 Å². The van der Waals surface area contributed by atoms with E-state index >= 15 is 0 Å². The third kappa shape index (κ3) is 3.95. The third-order valence-electron chi connectivity index (χ3n) is 5.54. The van der Waals surface area contributed by atoms with Crippen LogP contribution in [0, 0.1) is 0 Å². The van der Waals surface area contributed by atoms with Crippen molar-refractivity contribution in [3.63, 3.8) is 0 Å². The summed E-state index contributed by atoms with van der Waals surface area (Å²) >= 11 is 6.56. The number of fused-ring (bicyclic) bond motifs is 1. The quantitative estimate of drug-likeness (QED) is 0.405. The topological polar surface area (TPSA) is 71.3 Å². The molecular weight excluding hydrogens is 443 g/mol. The summed E-state index contributed by atoms with van der Waals surface area (Å²) < 4.78 is 40.3. The molecule has 4 rings (SSSR count). The Morgan fingerprint density at radius 1 is 1.12 bits per heavy atom. The van der Waals surface area contributed by atoms with Crippen LogP contribution in [0.1, 0.15) is 29.3 Å². The predicted octanol–water partition coefficient (Wildman–Crippen LogP) is 5.39. The number of aliphatic imine (C=N–C) groups is 1. The Kier molecular flexibility index (Phi) is 5.46. The van der Waals surface area contributed by atoms with Crippen molar-refractivity contribution in [1.82, 2.24) is 9.78 Å². The second-order valence-corrected chi connectivity index (χ2v) is 8.03. The van der Waals surface area contributed by atoms with Crippen molar-refractivity contribution in [2.24, 2.45) is 12.0 Å². The monoisotopic (exact) mass is 461 g/mol. The van der Waals surface area contributed by atoms with E-state index in [1.54, 1.807) is 29.2 Å². The van der Waals surface area contributed by atoms with Crippen LogP contribution in [0.4, 0.5) is 29.3 Å². The molecule has 2 N–H and O–H groups in total. The molecule has 2 atom stereocenters. The summed E-state index contributed by atoms with van der Waals surface area (Å²) in [5.41, 5.74) is 1.20. The van der Waals surface area contributed by atoms with Crippen LogP contribution in [0.2, 0.25) is 0 Å². The fourth-order valence-electron chi connectivity index (χ4n) is 3.67. The van der Waals surface area contributed by atoms with E-state index in [0.29, 0.717) is 5.69 Å². The zero-order chi connectivity index (χ0) is 23.1. The number of hydrogen-bond donors (Lipinski definition) is 2. The van der Waals surface area contributed by atoms with Crippen molar-refractivity contribution in [1.29, 1.82) is 0 Å². The first-order chi connectivity index (χ1) is 15.1. The molecule has 1 aliphatic rings. The molecule has 166 valence electrons. The molecule has 2 unspecified atom stereocenters. The van der Waals surface area contributed by atoms with E-state index in [1.807, 2.05) is 26.1 Å². The summed E-state index contributed by atoms with van der Waals surface area (Å²) in [7, 11) is 1.83. The number of carbonyl (C=O) groups is 1. The predicted molar refractivity (Wildman–Crippen MR) is 117 cm³/mol. The van der Waals surface area contributed by atoms with E-state index in [2.05, 4.69) is 20.7 Å². The molecular formula is C22H19ClF3N5O. The maximum absolute atomic E-state index is 12.8. The fourth-order valence-corrected chi connectivity index (χ4v) is 3.97. The first-order valence-corrected chi connectivity index (χ1v) is 10.1. The lowest BCUT2D eigenvalue weighted by molar-refractivity contribution is -0.137. The molecule has 2 heterocycles. The van der Waals surface area contributed by atoms with Crippen LogP contribution in [-0.4, -0.2) is 27.5 Å². The lowest BCUT2D eigenvalue weighted by Crippen LogP contribution is -2.36. The normalized spacial score (nSPS) is 20.0. The van der Waals surface area contributed by atoms with E-state index in [0.717, 1.165) is 29.0 Å². The summed E-state index contributed by atoms with van der Waals surface area (Å²) in [5.74, 6) is 0. The Balaban J connectivity index is 1.50. The lowest BCUT2D eigenvalue weighted by Gasteiger charge is -2.35. The van der Waals surface area contributed by atoms with Gasteiger partial charge < -0.3 is 10.6 Å². The maximum atomic E-state index is 12.8. The highest BCUT2D eigenvalue weighted by Crippen LogP contribution is 2.42. The SMILES string of the molecule is Cn1ncc2c1C=NC(Cl)C2(C)c1ccc(NC(=O)Nc2cccc(C(F)(F)F)c2)cc1. The molecule has 0 bridgehead atoms. The summed E-state index contributed by atoms with van der Waals surface area (Å²) in [6.07, 6.45) is -1.02. The molecule has 10 heteroatoms. The molecule has 2 amide bonds. The lowest BCUT2D eigenvalue weighted by atomic mass is 9.75. The second kappa shape index (κ2) is 7.98. The van der Waals surface area contributed by atoms with E-state index in [1.165, 1.54) is 12.1 Å². The van der Waals surface area contributed by atoms with Crippen molar-refractivity contribution in [3.8, 4) is 0 Å². The molecule has 6 nitrogen and oxygen atoms in total. The number of nitrogens with one attached hydrogen (secondary N) is 2. The van der Waals surface area contributed by atoms with Gasteiger partial charge in [-0.05, 0) is 42.8 Å².